The molecule has 29 heavy (non-hydrogen) atoms. The third-order valence-electron chi connectivity index (χ3n) is 4.71. The average molecular weight is 428 g/mol. The largest absolute Gasteiger partial charge is 0.408 e. The maximum absolute atomic E-state index is 13.2. The maximum Gasteiger partial charge on any atom is 0.408 e. The van der Waals surface area contributed by atoms with E-state index in [1.54, 1.807) is 16.9 Å². The second kappa shape index (κ2) is 8.83. The summed E-state index contributed by atoms with van der Waals surface area (Å²) in [5.41, 5.74) is 3.11. The Hall–Kier alpha value is -1.94. The predicted octanol–water partition coefficient (Wildman–Crippen LogP) is 3.07. The lowest BCUT2D eigenvalue weighted by Crippen LogP contribution is -2.37. The van der Waals surface area contributed by atoms with Crippen molar-refractivity contribution in [3.05, 3.63) is 70.8 Å². The van der Waals surface area contributed by atoms with Crippen LogP contribution in [-0.2, 0) is 34.3 Å². The van der Waals surface area contributed by atoms with Gasteiger partial charge >= 0.3 is 6.18 Å². The van der Waals surface area contributed by atoms with E-state index in [0.717, 1.165) is 12.0 Å². The van der Waals surface area contributed by atoms with Gasteiger partial charge in [0.25, 0.3) is 0 Å². The highest BCUT2D eigenvalue weighted by Crippen LogP contribution is 2.33. The minimum absolute atomic E-state index is 0.0396. The molecule has 0 spiro atoms. The van der Waals surface area contributed by atoms with E-state index in [1.807, 2.05) is 18.2 Å². The molecule has 1 unspecified atom stereocenters. The van der Waals surface area contributed by atoms with Gasteiger partial charge in [-0.3, -0.25) is 0 Å². The topological polar surface area (TPSA) is 67.4 Å². The van der Waals surface area contributed by atoms with Gasteiger partial charge in [0.05, 0.1) is 19.0 Å². The number of hydrogen-bond donors (Lipinski definition) is 2. The molecule has 1 heterocycles. The van der Waals surface area contributed by atoms with Crippen molar-refractivity contribution in [2.75, 3.05) is 12.8 Å². The van der Waals surface area contributed by atoms with E-state index in [0.29, 0.717) is 26.0 Å². The van der Waals surface area contributed by atoms with Crippen LogP contribution in [0.5, 0.6) is 0 Å². The van der Waals surface area contributed by atoms with Crippen LogP contribution in [-0.4, -0.2) is 33.5 Å². The number of ether oxygens (including phenoxy) is 1. The van der Waals surface area contributed by atoms with E-state index in [2.05, 4.69) is 11.4 Å². The number of benzene rings is 2. The van der Waals surface area contributed by atoms with Crippen LogP contribution in [0.4, 0.5) is 13.2 Å². The summed E-state index contributed by atoms with van der Waals surface area (Å²) in [6.45, 7) is 1.66. The fourth-order valence-electron chi connectivity index (χ4n) is 3.28. The standard InChI is InChI=1S/C20H23F3N2O3S/c1-29(26,27)25-19(20(21,22)23)15-8-6-14(7-9-15)11-24-12-18-10-16-4-2-3-5-17(16)13-28-18/h2-9,18-19,24-25H,10-13H2,1H3/t18?,19-/m0/s1. The molecule has 1 aliphatic heterocycles. The quantitative estimate of drug-likeness (QED) is 0.711. The lowest BCUT2D eigenvalue weighted by atomic mass is 9.99. The fraction of sp³-hybridized carbons (Fsp3) is 0.400. The molecule has 9 heteroatoms. The molecule has 2 atom stereocenters. The van der Waals surface area contributed by atoms with E-state index in [-0.39, 0.29) is 11.7 Å². The molecule has 0 saturated heterocycles. The maximum atomic E-state index is 13.2. The van der Waals surface area contributed by atoms with Crippen LogP contribution in [0.1, 0.15) is 28.3 Å². The lowest BCUT2D eigenvalue weighted by Gasteiger charge is -2.25. The number of nitrogens with one attached hydrogen (secondary N) is 2. The third kappa shape index (κ3) is 6.27. The Labute approximate surface area is 168 Å². The Morgan fingerprint density at radius 1 is 1.10 bits per heavy atom. The molecule has 0 fully saturated rings. The molecule has 158 valence electrons. The number of fused-ring (bicyclic) bond motifs is 1. The first-order chi connectivity index (χ1) is 13.6. The first-order valence-electron chi connectivity index (χ1n) is 9.14. The molecule has 0 amide bonds. The fourth-order valence-corrected chi connectivity index (χ4v) is 3.98. The molecule has 0 radical (unpaired) electrons. The van der Waals surface area contributed by atoms with Crippen LogP contribution < -0.4 is 10.0 Å². The van der Waals surface area contributed by atoms with Crippen molar-refractivity contribution < 1.29 is 26.3 Å². The average Bonchev–Trinajstić information content (AvgIpc) is 2.65. The van der Waals surface area contributed by atoms with E-state index in [4.69, 9.17) is 4.74 Å². The van der Waals surface area contributed by atoms with Crippen molar-refractivity contribution in [1.82, 2.24) is 10.0 Å². The molecule has 3 rings (SSSR count). The zero-order chi connectivity index (χ0) is 21.1. The molecular formula is C20H23F3N2O3S. The van der Waals surface area contributed by atoms with Gasteiger partial charge in [-0.15, -0.1) is 0 Å². The molecule has 2 N–H and O–H groups in total. The molecule has 0 bridgehead atoms. The summed E-state index contributed by atoms with van der Waals surface area (Å²) in [5, 5.41) is 3.26. The van der Waals surface area contributed by atoms with E-state index >= 15 is 0 Å². The number of hydrogen-bond acceptors (Lipinski definition) is 4. The van der Waals surface area contributed by atoms with Gasteiger partial charge in [-0.1, -0.05) is 48.5 Å². The Morgan fingerprint density at radius 3 is 2.38 bits per heavy atom. The summed E-state index contributed by atoms with van der Waals surface area (Å²) in [7, 11) is -4.01. The van der Waals surface area contributed by atoms with Gasteiger partial charge < -0.3 is 10.1 Å². The molecule has 0 saturated carbocycles. The van der Waals surface area contributed by atoms with Crippen molar-refractivity contribution in [3.8, 4) is 0 Å². The van der Waals surface area contributed by atoms with Gasteiger partial charge in [-0.2, -0.15) is 17.9 Å². The smallest absolute Gasteiger partial charge is 0.372 e. The second-order valence-electron chi connectivity index (χ2n) is 7.14. The molecule has 1 aliphatic rings. The lowest BCUT2D eigenvalue weighted by molar-refractivity contribution is -0.153. The minimum atomic E-state index is -4.72. The molecule has 2 aromatic carbocycles. The number of sulfonamides is 1. The number of rotatable bonds is 7. The first-order valence-corrected chi connectivity index (χ1v) is 11.0. The normalized spacial score (nSPS) is 18.3. The Balaban J connectivity index is 1.55. The van der Waals surface area contributed by atoms with Crippen molar-refractivity contribution in [1.29, 1.82) is 0 Å². The van der Waals surface area contributed by atoms with Gasteiger partial charge in [0.15, 0.2) is 0 Å². The SMILES string of the molecule is CS(=O)(=O)N[C@@H](c1ccc(CNCC2Cc3ccccc3CO2)cc1)C(F)(F)F. The van der Waals surface area contributed by atoms with E-state index in [1.165, 1.54) is 23.3 Å². The van der Waals surface area contributed by atoms with Crippen LogP contribution in [0.25, 0.3) is 0 Å². The Kier molecular flexibility index (Phi) is 6.62. The van der Waals surface area contributed by atoms with Crippen molar-refractivity contribution >= 4 is 10.0 Å². The van der Waals surface area contributed by atoms with E-state index in [9.17, 15) is 21.6 Å². The van der Waals surface area contributed by atoms with Gasteiger partial charge in [0.1, 0.15) is 6.04 Å². The highest BCUT2D eigenvalue weighted by atomic mass is 32.2. The van der Waals surface area contributed by atoms with Crippen LogP contribution in [0.15, 0.2) is 48.5 Å². The van der Waals surface area contributed by atoms with Crippen LogP contribution in [0, 0.1) is 0 Å². The van der Waals surface area contributed by atoms with Crippen molar-refractivity contribution in [2.24, 2.45) is 0 Å². The molecule has 2 aromatic rings. The zero-order valence-corrected chi connectivity index (χ0v) is 16.7. The summed E-state index contributed by atoms with van der Waals surface area (Å²) in [6, 6.07) is 11.6. The van der Waals surface area contributed by atoms with Gasteiger partial charge in [0, 0.05) is 19.5 Å². The molecule has 5 nitrogen and oxygen atoms in total. The van der Waals surface area contributed by atoms with E-state index < -0.39 is 22.2 Å². The summed E-state index contributed by atoms with van der Waals surface area (Å²) >= 11 is 0. The Bertz CT molecular complexity index is 931. The highest BCUT2D eigenvalue weighted by Gasteiger charge is 2.42. The van der Waals surface area contributed by atoms with Crippen LogP contribution >= 0.6 is 0 Å². The minimum Gasteiger partial charge on any atom is -0.372 e. The van der Waals surface area contributed by atoms with Gasteiger partial charge in [-0.25, -0.2) is 8.42 Å². The summed E-state index contributed by atoms with van der Waals surface area (Å²) < 4.78 is 69.6. The van der Waals surface area contributed by atoms with Crippen molar-refractivity contribution in [3.63, 3.8) is 0 Å². The second-order valence-corrected chi connectivity index (χ2v) is 8.92. The monoisotopic (exact) mass is 428 g/mol. The highest BCUT2D eigenvalue weighted by molar-refractivity contribution is 7.88. The summed E-state index contributed by atoms with van der Waals surface area (Å²) in [5.74, 6) is 0. The summed E-state index contributed by atoms with van der Waals surface area (Å²) in [6.07, 6.45) is -3.17. The van der Waals surface area contributed by atoms with Crippen LogP contribution in [0.2, 0.25) is 0 Å². The molecule has 0 aromatic heterocycles. The molecular weight excluding hydrogens is 405 g/mol. The Morgan fingerprint density at radius 2 is 1.76 bits per heavy atom. The summed E-state index contributed by atoms with van der Waals surface area (Å²) in [4.78, 5) is 0. The van der Waals surface area contributed by atoms with Crippen molar-refractivity contribution in [2.45, 2.75) is 37.9 Å². The van der Waals surface area contributed by atoms with Gasteiger partial charge in [0.2, 0.25) is 10.0 Å². The molecule has 0 aliphatic carbocycles. The zero-order valence-electron chi connectivity index (χ0n) is 15.9. The number of halogens is 3. The first kappa shape index (κ1) is 21.8. The number of alkyl halides is 3. The predicted molar refractivity (Wildman–Crippen MR) is 104 cm³/mol. The third-order valence-corrected chi connectivity index (χ3v) is 5.38. The van der Waals surface area contributed by atoms with Crippen LogP contribution in [0.3, 0.4) is 0 Å². The van der Waals surface area contributed by atoms with Gasteiger partial charge in [-0.05, 0) is 22.3 Å².